The number of rotatable bonds is 5. The highest BCUT2D eigenvalue weighted by Gasteiger charge is 2.10. The van der Waals surface area contributed by atoms with E-state index in [1.807, 2.05) is 13.8 Å². The van der Waals surface area contributed by atoms with Crippen molar-refractivity contribution in [1.82, 2.24) is 5.32 Å². The van der Waals surface area contributed by atoms with Crippen LogP contribution in [0.15, 0.2) is 18.2 Å². The van der Waals surface area contributed by atoms with Gasteiger partial charge in [-0.05, 0) is 24.5 Å². The van der Waals surface area contributed by atoms with Crippen molar-refractivity contribution in [2.24, 2.45) is 11.7 Å². The number of halogens is 2. The minimum Gasteiger partial charge on any atom is -0.336 e. The molecule has 1 rings (SSSR count). The molecular weight excluding hydrogens is 252 g/mol. The van der Waals surface area contributed by atoms with Crippen LogP contribution >= 0.6 is 0 Å². The number of urea groups is 1. The predicted octanol–water partition coefficient (Wildman–Crippen LogP) is 2.46. The maximum absolute atomic E-state index is 13.3. The fraction of sp³-hybridized carbons (Fsp3) is 0.462. The first-order valence-electron chi connectivity index (χ1n) is 6.14. The van der Waals surface area contributed by atoms with Crippen molar-refractivity contribution in [2.45, 2.75) is 26.3 Å². The van der Waals surface area contributed by atoms with Gasteiger partial charge in [0.15, 0.2) is 0 Å². The van der Waals surface area contributed by atoms with Crippen LogP contribution in [0.4, 0.5) is 19.3 Å². The third kappa shape index (κ3) is 5.65. The molecule has 0 aromatic heterocycles. The first-order valence-corrected chi connectivity index (χ1v) is 6.14. The molecule has 1 aromatic carbocycles. The molecule has 2 amide bonds. The number of nitrogens with one attached hydrogen (secondary N) is 2. The van der Waals surface area contributed by atoms with Gasteiger partial charge in [-0.25, -0.2) is 13.6 Å². The lowest BCUT2D eigenvalue weighted by Crippen LogP contribution is -2.40. The van der Waals surface area contributed by atoms with E-state index in [1.54, 1.807) is 0 Å². The van der Waals surface area contributed by atoms with Crippen molar-refractivity contribution in [3.05, 3.63) is 29.8 Å². The van der Waals surface area contributed by atoms with Gasteiger partial charge in [0.25, 0.3) is 0 Å². The van der Waals surface area contributed by atoms with Crippen molar-refractivity contribution in [1.29, 1.82) is 0 Å². The summed E-state index contributed by atoms with van der Waals surface area (Å²) < 4.78 is 25.9. The van der Waals surface area contributed by atoms with Gasteiger partial charge in [0, 0.05) is 18.7 Å². The summed E-state index contributed by atoms with van der Waals surface area (Å²) in [6, 6.07) is 2.23. The predicted molar refractivity (Wildman–Crippen MR) is 70.8 cm³/mol. The maximum Gasteiger partial charge on any atom is 0.319 e. The van der Waals surface area contributed by atoms with E-state index in [2.05, 4.69) is 10.6 Å². The van der Waals surface area contributed by atoms with Crippen LogP contribution in [0.2, 0.25) is 0 Å². The van der Waals surface area contributed by atoms with Crippen LogP contribution in [0.1, 0.15) is 20.3 Å². The maximum atomic E-state index is 13.3. The third-order valence-electron chi connectivity index (χ3n) is 2.48. The number of benzene rings is 1. The number of hydrogen-bond donors (Lipinski definition) is 3. The molecule has 1 unspecified atom stereocenters. The van der Waals surface area contributed by atoms with E-state index in [1.165, 1.54) is 0 Å². The second kappa shape index (κ2) is 7.04. The number of carbonyl (C=O) groups is 1. The average Bonchev–Trinajstić information content (AvgIpc) is 2.29. The van der Waals surface area contributed by atoms with Crippen LogP contribution in [0, 0.1) is 17.6 Å². The highest BCUT2D eigenvalue weighted by molar-refractivity contribution is 5.89. The Kier molecular flexibility index (Phi) is 5.69. The van der Waals surface area contributed by atoms with Gasteiger partial charge in [-0.3, -0.25) is 0 Å². The van der Waals surface area contributed by atoms with Gasteiger partial charge in [-0.2, -0.15) is 0 Å². The van der Waals surface area contributed by atoms with E-state index < -0.39 is 17.7 Å². The van der Waals surface area contributed by atoms with E-state index in [0.717, 1.165) is 18.6 Å². The zero-order chi connectivity index (χ0) is 14.4. The molecule has 0 heterocycles. The Morgan fingerprint density at radius 3 is 2.63 bits per heavy atom. The monoisotopic (exact) mass is 271 g/mol. The molecule has 0 aliphatic carbocycles. The molecular formula is C13H19F2N3O. The molecule has 0 aliphatic heterocycles. The summed E-state index contributed by atoms with van der Waals surface area (Å²) in [7, 11) is 0. The van der Waals surface area contributed by atoms with Crippen LogP contribution in [-0.2, 0) is 0 Å². The Balaban J connectivity index is 2.43. The first kappa shape index (κ1) is 15.4. The Morgan fingerprint density at radius 1 is 1.37 bits per heavy atom. The fourth-order valence-electron chi connectivity index (χ4n) is 1.67. The molecule has 0 bridgehead atoms. The van der Waals surface area contributed by atoms with Gasteiger partial charge < -0.3 is 16.4 Å². The molecule has 0 fully saturated rings. The van der Waals surface area contributed by atoms with E-state index in [0.29, 0.717) is 18.5 Å². The van der Waals surface area contributed by atoms with Crippen molar-refractivity contribution >= 4 is 11.7 Å². The van der Waals surface area contributed by atoms with Gasteiger partial charge in [-0.15, -0.1) is 0 Å². The number of nitrogens with two attached hydrogens (primary N) is 1. The van der Waals surface area contributed by atoms with Crippen LogP contribution in [0.5, 0.6) is 0 Å². The number of amides is 2. The van der Waals surface area contributed by atoms with Crippen molar-refractivity contribution < 1.29 is 13.6 Å². The zero-order valence-electron chi connectivity index (χ0n) is 11.0. The minimum atomic E-state index is -0.818. The third-order valence-corrected chi connectivity index (χ3v) is 2.48. The molecule has 4 nitrogen and oxygen atoms in total. The lowest BCUT2D eigenvalue weighted by atomic mass is 10.0. The quantitative estimate of drug-likeness (QED) is 0.770. The van der Waals surface area contributed by atoms with Gasteiger partial charge in [-0.1, -0.05) is 13.8 Å². The molecule has 106 valence electrons. The minimum absolute atomic E-state index is 0.0728. The highest BCUT2D eigenvalue weighted by atomic mass is 19.1. The Bertz CT molecular complexity index is 438. The summed E-state index contributed by atoms with van der Waals surface area (Å²) >= 11 is 0. The lowest BCUT2D eigenvalue weighted by molar-refractivity contribution is 0.251. The molecule has 0 spiro atoms. The summed E-state index contributed by atoms with van der Waals surface area (Å²) in [4.78, 5) is 11.5. The van der Waals surface area contributed by atoms with Crippen LogP contribution in [-0.4, -0.2) is 18.6 Å². The SMILES string of the molecule is CC(C)CC(N)CNC(=O)Nc1ccc(F)cc1F. The molecule has 1 aromatic rings. The number of carbonyl (C=O) groups excluding carboxylic acids is 1. The highest BCUT2D eigenvalue weighted by Crippen LogP contribution is 2.14. The first-order chi connectivity index (χ1) is 8.88. The van der Waals surface area contributed by atoms with Crippen molar-refractivity contribution in [2.75, 3.05) is 11.9 Å². The molecule has 4 N–H and O–H groups in total. The Hall–Kier alpha value is -1.69. The summed E-state index contributed by atoms with van der Waals surface area (Å²) in [6.45, 7) is 4.37. The van der Waals surface area contributed by atoms with Crippen LogP contribution in [0.3, 0.4) is 0 Å². The second-order valence-corrected chi connectivity index (χ2v) is 4.85. The molecule has 0 aliphatic rings. The average molecular weight is 271 g/mol. The smallest absolute Gasteiger partial charge is 0.319 e. The van der Waals surface area contributed by atoms with Crippen LogP contribution < -0.4 is 16.4 Å². The van der Waals surface area contributed by atoms with E-state index in [4.69, 9.17) is 5.73 Å². The lowest BCUT2D eigenvalue weighted by Gasteiger charge is -2.15. The van der Waals surface area contributed by atoms with Crippen molar-refractivity contribution in [3.8, 4) is 0 Å². The topological polar surface area (TPSA) is 67.1 Å². The number of hydrogen-bond acceptors (Lipinski definition) is 2. The zero-order valence-corrected chi connectivity index (χ0v) is 11.0. The summed E-state index contributed by atoms with van der Waals surface area (Å²) in [5, 5.41) is 4.84. The van der Waals surface area contributed by atoms with Crippen molar-refractivity contribution in [3.63, 3.8) is 0 Å². The van der Waals surface area contributed by atoms with Gasteiger partial charge >= 0.3 is 6.03 Å². The Morgan fingerprint density at radius 2 is 2.05 bits per heavy atom. The standard InChI is InChI=1S/C13H19F2N3O/c1-8(2)5-10(16)7-17-13(19)18-12-4-3-9(14)6-11(12)15/h3-4,6,8,10H,5,7,16H2,1-2H3,(H2,17,18,19). The van der Waals surface area contributed by atoms with Gasteiger partial charge in [0.05, 0.1) is 5.69 Å². The molecule has 0 saturated carbocycles. The fourth-order valence-corrected chi connectivity index (χ4v) is 1.67. The largest absolute Gasteiger partial charge is 0.336 e. The van der Waals surface area contributed by atoms with E-state index in [-0.39, 0.29) is 11.7 Å². The molecule has 19 heavy (non-hydrogen) atoms. The normalized spacial score (nSPS) is 12.3. The van der Waals surface area contributed by atoms with E-state index >= 15 is 0 Å². The van der Waals surface area contributed by atoms with Gasteiger partial charge in [0.2, 0.25) is 0 Å². The Labute approximate surface area is 111 Å². The molecule has 1 atom stereocenters. The number of anilines is 1. The van der Waals surface area contributed by atoms with E-state index in [9.17, 15) is 13.6 Å². The second-order valence-electron chi connectivity index (χ2n) is 4.85. The summed E-state index contributed by atoms with van der Waals surface area (Å²) in [6.07, 6.45) is 0.783. The van der Waals surface area contributed by atoms with Gasteiger partial charge in [0.1, 0.15) is 11.6 Å². The molecule has 6 heteroatoms. The summed E-state index contributed by atoms with van der Waals surface area (Å²) in [5.41, 5.74) is 5.73. The summed E-state index contributed by atoms with van der Waals surface area (Å²) in [5.74, 6) is -1.07. The molecule has 0 radical (unpaired) electrons. The molecule has 0 saturated heterocycles. The van der Waals surface area contributed by atoms with Crippen LogP contribution in [0.25, 0.3) is 0 Å².